The maximum absolute atomic E-state index is 13.5. The molecule has 0 atom stereocenters. The highest BCUT2D eigenvalue weighted by Crippen LogP contribution is 2.32. The number of thiazole rings is 3. The number of benzene rings is 8. The molecule has 0 aliphatic carbocycles. The van der Waals surface area contributed by atoms with E-state index in [0.717, 1.165) is 123 Å². The van der Waals surface area contributed by atoms with Gasteiger partial charge in [0.05, 0.1) is 30.8 Å². The zero-order chi connectivity index (χ0) is 96.7. The SMILES string of the molecule is CC(=O)CCc1cccc(CN(Cc2ccc(-c3cnccn3)cc2)S(=O)(=O)c2ccccn2)c1.CC(=O)CCc1cccc(CN(Cc2ccc(-c3cnccn3)cc2)S(=O)(=O)c2nccs2)c1.CC(=O)CCc1cccc(CN(Cc2ccc(-c3ncccn3)cc2)S(=O)(=O)c2nccs2)c1.CC(=O)COc1cccc(CN(Cc2ccc(-c3nccs3)cc2)S(=O)(=O)c2c[n+](C)c[nH]2)c1. The van der Waals surface area contributed by atoms with Gasteiger partial charge in [-0.3, -0.25) is 24.7 Å². The fourth-order valence-electron chi connectivity index (χ4n) is 14.1. The van der Waals surface area contributed by atoms with Crippen molar-refractivity contribution in [1.29, 1.82) is 0 Å². The Labute approximate surface area is 809 Å². The molecule has 0 radical (unpaired) electrons. The number of hydrogen-bond acceptors (Lipinski definition) is 26. The Morgan fingerprint density at radius 2 is 0.730 bits per heavy atom. The summed E-state index contributed by atoms with van der Waals surface area (Å²) in [7, 11) is -13.5. The molecular formula is C101H99N16O13S7+. The third kappa shape index (κ3) is 29.7. The lowest BCUT2D eigenvalue weighted by Crippen LogP contribution is -2.31. The number of carbonyl (C=O) groups excluding carboxylic acids is 4. The second-order valence-corrected chi connectivity index (χ2v) is 42.6. The molecule has 8 aromatic carbocycles. The van der Waals surface area contributed by atoms with E-state index in [1.54, 1.807) is 159 Å². The van der Waals surface area contributed by atoms with Crippen LogP contribution in [0, 0.1) is 0 Å². The Hall–Kier alpha value is -13.6. The molecule has 1 N–H and O–H groups in total. The summed E-state index contributed by atoms with van der Waals surface area (Å²) in [5.41, 5.74) is 14.9. The van der Waals surface area contributed by atoms with Gasteiger partial charge in [-0.05, 0) is 138 Å². The highest BCUT2D eigenvalue weighted by molar-refractivity contribution is 7.91. The van der Waals surface area contributed by atoms with Gasteiger partial charge in [-0.1, -0.05) is 188 Å². The number of imidazole rings is 1. The van der Waals surface area contributed by atoms with Gasteiger partial charge < -0.3 is 19.1 Å². The van der Waals surface area contributed by atoms with Crippen LogP contribution < -0.4 is 9.30 Å². The van der Waals surface area contributed by atoms with Gasteiger partial charge in [-0.25, -0.2) is 73.1 Å². The third-order valence-corrected chi connectivity index (χ3v) is 31.2. The fraction of sp³-hybridized carbons (Fsp3) is 0.198. The smallest absolute Gasteiger partial charge is 0.284 e. The zero-order valence-electron chi connectivity index (χ0n) is 75.6. The maximum atomic E-state index is 13.5. The van der Waals surface area contributed by atoms with Crippen LogP contribution >= 0.6 is 34.0 Å². The van der Waals surface area contributed by atoms with Crippen molar-refractivity contribution in [2.75, 3.05) is 6.61 Å². The predicted molar refractivity (Wildman–Crippen MR) is 525 cm³/mol. The van der Waals surface area contributed by atoms with Crippen LogP contribution in [0.5, 0.6) is 5.75 Å². The highest BCUT2D eigenvalue weighted by Gasteiger charge is 2.33. The van der Waals surface area contributed by atoms with Crippen LogP contribution in [0.1, 0.15) is 108 Å². The van der Waals surface area contributed by atoms with E-state index in [0.29, 0.717) is 50.1 Å². The lowest BCUT2D eigenvalue weighted by molar-refractivity contribution is -0.671. The number of pyridine rings is 1. The molecule has 137 heavy (non-hydrogen) atoms. The molecule has 0 bridgehead atoms. The number of sulfonamides is 4. The number of nitrogens with zero attached hydrogens (tertiary/aromatic N) is 15. The summed E-state index contributed by atoms with van der Waals surface area (Å²) in [4.78, 5) is 90.0. The predicted octanol–water partition coefficient (Wildman–Crippen LogP) is 16.8. The van der Waals surface area contributed by atoms with Crippen molar-refractivity contribution in [3.63, 3.8) is 0 Å². The van der Waals surface area contributed by atoms with Gasteiger partial charge >= 0.3 is 0 Å². The van der Waals surface area contributed by atoms with Crippen molar-refractivity contribution in [2.45, 2.75) is 137 Å². The molecule has 0 amide bonds. The number of ketones is 4. The molecule has 0 aliphatic heterocycles. The molecule has 16 aromatic rings. The van der Waals surface area contributed by atoms with Crippen LogP contribution in [-0.4, -0.2) is 135 Å². The average molecular weight is 1970 g/mol. The number of aromatic amines is 1. The van der Waals surface area contributed by atoms with Crippen LogP contribution in [0.2, 0.25) is 0 Å². The summed E-state index contributed by atoms with van der Waals surface area (Å²) in [6.45, 7) is 7.58. The zero-order valence-corrected chi connectivity index (χ0v) is 81.3. The van der Waals surface area contributed by atoms with Crippen molar-refractivity contribution in [1.82, 2.24) is 72.0 Å². The van der Waals surface area contributed by atoms with Crippen LogP contribution in [0.25, 0.3) is 44.5 Å². The Morgan fingerprint density at radius 3 is 1.11 bits per heavy atom. The van der Waals surface area contributed by atoms with Gasteiger partial charge in [0.1, 0.15) is 40.9 Å². The number of carbonyl (C=O) groups is 4. The van der Waals surface area contributed by atoms with Gasteiger partial charge in [-0.2, -0.15) is 17.2 Å². The average Bonchev–Trinajstić information content (AvgIpc) is 1.65. The molecule has 0 saturated carbocycles. The summed E-state index contributed by atoms with van der Waals surface area (Å²) >= 11 is 3.75. The Kier molecular flexibility index (Phi) is 35.8. The number of ether oxygens (including phenoxy) is 1. The van der Waals surface area contributed by atoms with Crippen molar-refractivity contribution < 1.29 is 62.2 Å². The standard InChI is InChI=1S/C27H26N4O3S.2C25H24N4O3S2.C24H24N4O4S2/c1-21(32)8-9-22-5-4-6-24(17-22)20-31(35(33,34)27-7-2-3-14-30-27)19-23-10-12-25(13-11-23)26-18-28-15-16-29-26;1-19(30)6-7-20-4-2-5-22(16-20)18-29(34(31,32)25-28-14-15-33-25)17-21-8-10-23(11-9-21)24-26-12-3-13-27-24;1-19(30)5-6-20-3-2-4-22(15-20)18-29(34(31,32)25-28-13-14-33-25)17-21-7-9-23(10-8-21)24-16-26-11-12-27-24;1-18(29)16-32-22-5-3-4-20(12-22)14-28(34(30,31)23-15-27(2)17-26-23)13-19-6-8-21(9-7-19)24-25-10-11-33-24/h2-7,10-18H,8-9,19-20H2,1H3;2-5,8-16H,6-7,17-18H2,1H3;2-4,7-16H,5-6,17-18H2,1H3;3-12,15,17H,13-14,16H2,1-2H3/p+1. The van der Waals surface area contributed by atoms with Gasteiger partial charge in [0, 0.05) is 172 Å². The fourth-order valence-corrected chi connectivity index (χ4v) is 22.3. The topological polar surface area (TPSA) is 376 Å². The van der Waals surface area contributed by atoms with E-state index in [-0.39, 0.29) is 101 Å². The van der Waals surface area contributed by atoms with Gasteiger partial charge in [-0.15, -0.1) is 34.0 Å². The number of nitrogens with one attached hydrogen (secondary N) is 1. The number of aromatic nitrogens is 12. The summed E-state index contributed by atoms with van der Waals surface area (Å²) < 4.78 is 121. The van der Waals surface area contributed by atoms with Crippen molar-refractivity contribution >= 4 is 97.2 Å². The quantitative estimate of drug-likeness (QED) is 0.0349. The first-order chi connectivity index (χ1) is 66.0. The molecule has 0 unspecified atom stereocenters. The molecule has 0 saturated heterocycles. The summed E-state index contributed by atoms with van der Waals surface area (Å²) in [5.74, 6) is 1.42. The van der Waals surface area contributed by atoms with Gasteiger partial charge in [0.25, 0.3) is 45.1 Å². The highest BCUT2D eigenvalue weighted by atomic mass is 32.3. The van der Waals surface area contributed by atoms with Gasteiger partial charge in [0.2, 0.25) is 15.0 Å². The van der Waals surface area contributed by atoms with Crippen molar-refractivity contribution in [3.05, 3.63) is 383 Å². The number of hydrogen-bond donors (Lipinski definition) is 1. The lowest BCUT2D eigenvalue weighted by atomic mass is 10.0. The molecule has 16 rings (SSSR count). The molecule has 0 spiro atoms. The van der Waals surface area contributed by atoms with E-state index in [1.807, 2.05) is 181 Å². The number of Topliss-reactive ketones (excluding diaryl/α,β-unsaturated/α-hetero) is 4. The molecule has 8 aromatic heterocycles. The molecule has 8 heterocycles. The van der Waals surface area contributed by atoms with Crippen LogP contribution in [0.15, 0.2) is 340 Å². The minimum atomic E-state index is -3.85. The molecule has 702 valence electrons. The van der Waals surface area contributed by atoms with E-state index in [2.05, 4.69) is 54.8 Å². The first-order valence-corrected chi connectivity index (χ1v) is 51.7. The second kappa shape index (κ2) is 48.7. The molecule has 36 heteroatoms. The largest absolute Gasteiger partial charge is 0.486 e. The van der Waals surface area contributed by atoms with Crippen LogP contribution in [0.3, 0.4) is 0 Å². The summed E-state index contributed by atoms with van der Waals surface area (Å²) in [5, 5.41) is 6.26. The normalized spacial score (nSPS) is 11.6. The summed E-state index contributed by atoms with van der Waals surface area (Å²) in [6, 6.07) is 67.4. The molecule has 0 fully saturated rings. The van der Waals surface area contributed by atoms with E-state index in [4.69, 9.17) is 4.74 Å². The Bertz CT molecular complexity index is 6920. The first-order valence-electron chi connectivity index (χ1n) is 43.3. The first kappa shape index (κ1) is 101. The lowest BCUT2D eigenvalue weighted by Gasteiger charge is -2.22. The number of aryl methyl sites for hydroxylation is 4. The third-order valence-electron chi connectivity index (χ3n) is 21.1. The Morgan fingerprint density at radius 1 is 0.343 bits per heavy atom. The van der Waals surface area contributed by atoms with Crippen LogP contribution in [-0.2, 0) is 138 Å². The second-order valence-electron chi connectivity index (χ2n) is 31.9. The Balaban J connectivity index is 0.000000154. The van der Waals surface area contributed by atoms with E-state index < -0.39 is 40.1 Å². The van der Waals surface area contributed by atoms with Gasteiger partial charge in [0.15, 0.2) is 16.6 Å². The van der Waals surface area contributed by atoms with Crippen molar-refractivity contribution in [3.8, 4) is 50.2 Å². The summed E-state index contributed by atoms with van der Waals surface area (Å²) in [6.07, 6.45) is 25.9. The molecule has 29 nitrogen and oxygen atoms in total. The van der Waals surface area contributed by atoms with Crippen LogP contribution in [0.4, 0.5) is 0 Å². The van der Waals surface area contributed by atoms with Crippen molar-refractivity contribution in [2.24, 2.45) is 7.05 Å². The monoisotopic (exact) mass is 1970 g/mol. The number of H-pyrrole nitrogens is 1. The van der Waals surface area contributed by atoms with E-state index in [1.165, 1.54) is 48.8 Å². The number of rotatable bonds is 40. The van der Waals surface area contributed by atoms with E-state index in [9.17, 15) is 52.8 Å². The maximum Gasteiger partial charge on any atom is 0.284 e. The minimum Gasteiger partial charge on any atom is -0.486 e. The molecular weight excluding hydrogens is 1870 g/mol. The van der Waals surface area contributed by atoms with E-state index >= 15 is 0 Å². The minimum absolute atomic E-state index is 0.00362. The molecule has 0 aliphatic rings.